The molecular formula is C16H20O4. The van der Waals surface area contributed by atoms with Gasteiger partial charge in [0, 0.05) is 17.8 Å². The van der Waals surface area contributed by atoms with Gasteiger partial charge in [-0.05, 0) is 33.3 Å². The Kier molecular flexibility index (Phi) is 2.39. The van der Waals surface area contributed by atoms with Gasteiger partial charge in [0.25, 0.3) is 0 Å². The highest BCUT2D eigenvalue weighted by Gasteiger charge is 2.67. The van der Waals surface area contributed by atoms with Crippen LogP contribution in [0.5, 0.6) is 0 Å². The lowest BCUT2D eigenvalue weighted by Crippen LogP contribution is -2.69. The Balaban J connectivity index is 2.27. The van der Waals surface area contributed by atoms with Crippen molar-refractivity contribution in [2.45, 2.75) is 38.9 Å². The van der Waals surface area contributed by atoms with Crippen LogP contribution in [0.15, 0.2) is 23.8 Å². The third-order valence-electron chi connectivity index (χ3n) is 5.61. The second kappa shape index (κ2) is 3.49. The van der Waals surface area contributed by atoms with Crippen LogP contribution in [0.3, 0.4) is 0 Å². The Morgan fingerprint density at radius 1 is 1.05 bits per heavy atom. The minimum atomic E-state index is -1.55. The van der Waals surface area contributed by atoms with Crippen molar-refractivity contribution in [3.63, 3.8) is 0 Å². The minimum Gasteiger partial charge on any atom is -0.382 e. The van der Waals surface area contributed by atoms with Crippen molar-refractivity contribution in [3.05, 3.63) is 23.8 Å². The molecule has 108 valence electrons. The zero-order valence-corrected chi connectivity index (χ0v) is 12.2. The SMILES string of the molecule is CC1=CC2C([C@H]3C=C[C@]2(C)C(=O)C3(C)O)C(C)(O)C1=O. The molecule has 0 aliphatic heterocycles. The molecule has 2 bridgehead atoms. The van der Waals surface area contributed by atoms with E-state index < -0.39 is 28.5 Å². The van der Waals surface area contributed by atoms with Crippen LogP contribution in [0.25, 0.3) is 0 Å². The van der Waals surface area contributed by atoms with Crippen molar-refractivity contribution in [2.75, 3.05) is 0 Å². The normalized spacial score (nSPS) is 53.9. The third-order valence-corrected chi connectivity index (χ3v) is 5.61. The van der Waals surface area contributed by atoms with Crippen LogP contribution in [-0.4, -0.2) is 33.0 Å². The maximum atomic E-state index is 12.6. The van der Waals surface area contributed by atoms with E-state index in [0.29, 0.717) is 5.57 Å². The summed E-state index contributed by atoms with van der Waals surface area (Å²) in [6.07, 6.45) is 5.42. The predicted molar refractivity (Wildman–Crippen MR) is 72.7 cm³/mol. The first-order valence-corrected chi connectivity index (χ1v) is 6.97. The number of fused-ring (bicyclic) bond motifs is 1. The fraction of sp³-hybridized carbons (Fsp3) is 0.625. The quantitative estimate of drug-likeness (QED) is 0.648. The highest BCUT2D eigenvalue weighted by atomic mass is 16.3. The van der Waals surface area contributed by atoms with E-state index in [1.807, 2.05) is 6.08 Å². The number of rotatable bonds is 0. The molecule has 0 radical (unpaired) electrons. The van der Waals surface area contributed by atoms with E-state index in [4.69, 9.17) is 0 Å². The summed E-state index contributed by atoms with van der Waals surface area (Å²) in [6, 6.07) is 0. The Morgan fingerprint density at radius 2 is 1.65 bits per heavy atom. The summed E-state index contributed by atoms with van der Waals surface area (Å²) in [5, 5.41) is 21.3. The number of ketones is 2. The van der Waals surface area contributed by atoms with E-state index in [0.717, 1.165) is 0 Å². The highest BCUT2D eigenvalue weighted by Crippen LogP contribution is 2.59. The molecular weight excluding hydrogens is 256 g/mol. The zero-order chi connectivity index (χ0) is 15.1. The number of aliphatic hydroxyl groups is 2. The first-order valence-electron chi connectivity index (χ1n) is 6.97. The Hall–Kier alpha value is -1.26. The number of Topliss-reactive ketones (excluding diaryl/α,β-unsaturated/α-hetero) is 2. The molecule has 0 aromatic heterocycles. The Labute approximate surface area is 118 Å². The molecule has 1 saturated carbocycles. The van der Waals surface area contributed by atoms with E-state index >= 15 is 0 Å². The number of allylic oxidation sites excluding steroid dienone is 2. The van der Waals surface area contributed by atoms with Gasteiger partial charge in [-0.3, -0.25) is 9.59 Å². The first kappa shape index (κ1) is 13.7. The average molecular weight is 276 g/mol. The molecule has 6 atom stereocenters. The lowest BCUT2D eigenvalue weighted by atomic mass is 9.44. The fourth-order valence-electron chi connectivity index (χ4n) is 4.46. The molecule has 2 N–H and O–H groups in total. The van der Waals surface area contributed by atoms with Crippen LogP contribution in [0, 0.1) is 23.2 Å². The van der Waals surface area contributed by atoms with Gasteiger partial charge >= 0.3 is 0 Å². The zero-order valence-electron chi connectivity index (χ0n) is 12.2. The standard InChI is InChI=1S/C16H20O4/c1-8-7-10-11(16(4,20)12(8)17)9-5-6-14(10,2)13(18)15(9,3)19/h5-7,9-11,19-20H,1-4H3/t9-,10?,11?,14+,15?,16?/m1/s1. The van der Waals surface area contributed by atoms with Gasteiger partial charge in [-0.2, -0.15) is 0 Å². The maximum absolute atomic E-state index is 12.6. The lowest BCUT2D eigenvalue weighted by molar-refractivity contribution is -0.185. The van der Waals surface area contributed by atoms with Gasteiger partial charge in [-0.15, -0.1) is 0 Å². The van der Waals surface area contributed by atoms with Gasteiger partial charge in [0.15, 0.2) is 11.6 Å². The minimum absolute atomic E-state index is 0.229. The van der Waals surface area contributed by atoms with Crippen LogP contribution in [0.2, 0.25) is 0 Å². The third kappa shape index (κ3) is 1.29. The van der Waals surface area contributed by atoms with Crippen LogP contribution in [0.1, 0.15) is 27.7 Å². The van der Waals surface area contributed by atoms with Crippen LogP contribution in [-0.2, 0) is 9.59 Å². The smallest absolute Gasteiger partial charge is 0.189 e. The van der Waals surface area contributed by atoms with E-state index in [1.54, 1.807) is 26.0 Å². The summed E-state index contributed by atoms with van der Waals surface area (Å²) in [6.45, 7) is 6.44. The molecule has 4 nitrogen and oxygen atoms in total. The molecule has 1 fully saturated rings. The van der Waals surface area contributed by atoms with Crippen molar-refractivity contribution in [2.24, 2.45) is 23.2 Å². The summed E-state index contributed by atoms with van der Waals surface area (Å²) < 4.78 is 0. The fourth-order valence-corrected chi connectivity index (χ4v) is 4.46. The maximum Gasteiger partial charge on any atom is 0.189 e. The predicted octanol–water partition coefficient (Wildman–Crippen LogP) is 1.02. The molecule has 20 heavy (non-hydrogen) atoms. The van der Waals surface area contributed by atoms with Gasteiger partial charge in [0.1, 0.15) is 11.2 Å². The van der Waals surface area contributed by atoms with E-state index in [-0.39, 0.29) is 17.5 Å². The summed E-state index contributed by atoms with van der Waals surface area (Å²) in [5.41, 5.74) is -3.46. The van der Waals surface area contributed by atoms with Crippen LogP contribution >= 0.6 is 0 Å². The molecule has 0 spiro atoms. The van der Waals surface area contributed by atoms with Crippen molar-refractivity contribution in [1.29, 1.82) is 0 Å². The molecule has 0 amide bonds. The van der Waals surface area contributed by atoms with Crippen LogP contribution < -0.4 is 0 Å². The molecule has 0 aromatic rings. The molecule has 4 aliphatic rings. The van der Waals surface area contributed by atoms with Gasteiger partial charge in [0.05, 0.1) is 5.41 Å². The molecule has 0 heterocycles. The largest absolute Gasteiger partial charge is 0.382 e. The number of hydrogen-bond donors (Lipinski definition) is 2. The number of carbonyl (C=O) groups is 2. The molecule has 4 aliphatic carbocycles. The van der Waals surface area contributed by atoms with E-state index in [1.165, 1.54) is 13.8 Å². The van der Waals surface area contributed by atoms with Gasteiger partial charge in [-0.25, -0.2) is 0 Å². The number of carbonyl (C=O) groups excluding carboxylic acids is 2. The van der Waals surface area contributed by atoms with Crippen molar-refractivity contribution < 1.29 is 19.8 Å². The topological polar surface area (TPSA) is 74.6 Å². The van der Waals surface area contributed by atoms with Crippen molar-refractivity contribution >= 4 is 11.6 Å². The average Bonchev–Trinajstić information content (AvgIpc) is 2.35. The van der Waals surface area contributed by atoms with E-state index in [2.05, 4.69) is 0 Å². The molecule has 0 saturated heterocycles. The molecule has 4 unspecified atom stereocenters. The van der Waals surface area contributed by atoms with Gasteiger partial charge in [0.2, 0.25) is 0 Å². The second-order valence-electron chi connectivity index (χ2n) is 7.02. The van der Waals surface area contributed by atoms with Crippen LogP contribution in [0.4, 0.5) is 0 Å². The number of hydrogen-bond acceptors (Lipinski definition) is 4. The Bertz CT molecular complexity index is 581. The highest BCUT2D eigenvalue weighted by molar-refractivity contribution is 6.04. The van der Waals surface area contributed by atoms with Gasteiger partial charge < -0.3 is 10.2 Å². The molecule has 0 aromatic carbocycles. The molecule has 4 heteroatoms. The summed E-state index contributed by atoms with van der Waals surface area (Å²) in [5.74, 6) is -1.80. The Morgan fingerprint density at radius 3 is 2.25 bits per heavy atom. The molecule has 4 rings (SSSR count). The lowest BCUT2D eigenvalue weighted by Gasteiger charge is -2.59. The van der Waals surface area contributed by atoms with Gasteiger partial charge in [-0.1, -0.05) is 18.2 Å². The first-order chi connectivity index (χ1) is 9.04. The summed E-state index contributed by atoms with van der Waals surface area (Å²) in [7, 11) is 0. The summed E-state index contributed by atoms with van der Waals surface area (Å²) >= 11 is 0. The monoisotopic (exact) mass is 276 g/mol. The summed E-state index contributed by atoms with van der Waals surface area (Å²) in [4.78, 5) is 24.9. The van der Waals surface area contributed by atoms with E-state index in [9.17, 15) is 19.8 Å². The van der Waals surface area contributed by atoms with Crippen molar-refractivity contribution in [3.8, 4) is 0 Å². The van der Waals surface area contributed by atoms with Crippen molar-refractivity contribution in [1.82, 2.24) is 0 Å². The second-order valence-corrected chi connectivity index (χ2v) is 7.02.